The summed E-state index contributed by atoms with van der Waals surface area (Å²) in [6, 6.07) is 7.52. The lowest BCUT2D eigenvalue weighted by molar-refractivity contribution is -0.143. The summed E-state index contributed by atoms with van der Waals surface area (Å²) in [5, 5.41) is 0. The maximum atomic E-state index is 12.1. The predicted octanol–water partition coefficient (Wildman–Crippen LogP) is 4.87. The molecule has 0 saturated carbocycles. The summed E-state index contributed by atoms with van der Waals surface area (Å²) in [4.78, 5) is 26.3. The normalized spacial score (nSPS) is 18.7. The number of piperidine rings is 1. The lowest BCUT2D eigenvalue weighted by Gasteiger charge is -2.26. The van der Waals surface area contributed by atoms with E-state index < -0.39 is 0 Å². The Morgan fingerprint density at radius 1 is 0.914 bits per heavy atom. The van der Waals surface area contributed by atoms with Crippen molar-refractivity contribution in [2.45, 2.75) is 64.1 Å². The third-order valence-corrected chi connectivity index (χ3v) is 8.26. The first-order valence-electron chi connectivity index (χ1n) is 12.8. The van der Waals surface area contributed by atoms with Crippen molar-refractivity contribution in [2.75, 3.05) is 51.0 Å². The number of carbonyl (C=O) groups excluding carboxylic acids is 2. The first-order chi connectivity index (χ1) is 17.2. The molecule has 2 aliphatic heterocycles. The van der Waals surface area contributed by atoms with Gasteiger partial charge in [-0.25, -0.2) is 0 Å². The van der Waals surface area contributed by atoms with Crippen LogP contribution in [0.25, 0.3) is 0 Å². The first-order valence-corrected chi connectivity index (χ1v) is 15.3. The van der Waals surface area contributed by atoms with E-state index in [1.807, 2.05) is 24.3 Å². The molecule has 1 atom stereocenters. The molecule has 1 aromatic carbocycles. The van der Waals surface area contributed by atoms with Gasteiger partial charge in [0, 0.05) is 24.3 Å². The lowest BCUT2D eigenvalue weighted by atomic mass is 10.1. The van der Waals surface area contributed by atoms with Crippen LogP contribution in [0.4, 0.5) is 0 Å². The Morgan fingerprint density at radius 3 is 2.31 bits per heavy atom. The van der Waals surface area contributed by atoms with Crippen LogP contribution in [0.2, 0.25) is 0 Å². The summed E-state index contributed by atoms with van der Waals surface area (Å²) in [6.07, 6.45) is 8.45. The Kier molecular flexibility index (Phi) is 13.8. The smallest absolute Gasteiger partial charge is 0.310 e. The highest BCUT2D eigenvalue weighted by Crippen LogP contribution is 2.21. The van der Waals surface area contributed by atoms with E-state index in [-0.39, 0.29) is 24.6 Å². The number of hydrogen-bond acceptors (Lipinski definition) is 9. The lowest BCUT2D eigenvalue weighted by Crippen LogP contribution is -2.30. The maximum absolute atomic E-state index is 12.1. The second kappa shape index (κ2) is 17.1. The summed E-state index contributed by atoms with van der Waals surface area (Å²) >= 11 is 0. The Balaban J connectivity index is 1.13. The monoisotopic (exact) mass is 525 g/mol. The van der Waals surface area contributed by atoms with Gasteiger partial charge >= 0.3 is 11.9 Å². The van der Waals surface area contributed by atoms with E-state index in [1.165, 1.54) is 19.3 Å². The van der Waals surface area contributed by atoms with Gasteiger partial charge < -0.3 is 23.8 Å². The minimum atomic E-state index is -0.238. The van der Waals surface area contributed by atoms with E-state index in [1.54, 1.807) is 21.6 Å². The fourth-order valence-corrected chi connectivity index (χ4v) is 5.71. The van der Waals surface area contributed by atoms with Crippen molar-refractivity contribution in [3.8, 4) is 5.75 Å². The molecule has 35 heavy (non-hydrogen) atoms. The van der Waals surface area contributed by atoms with E-state index in [0.29, 0.717) is 25.4 Å². The van der Waals surface area contributed by atoms with E-state index in [9.17, 15) is 9.59 Å². The van der Waals surface area contributed by atoms with Crippen molar-refractivity contribution < 1.29 is 28.5 Å². The number of likely N-dealkylation sites (tertiary alicyclic amines) is 1. The number of esters is 2. The molecule has 0 aliphatic carbocycles. The van der Waals surface area contributed by atoms with Crippen LogP contribution >= 0.6 is 21.6 Å². The van der Waals surface area contributed by atoms with Crippen LogP contribution in [0.15, 0.2) is 24.3 Å². The van der Waals surface area contributed by atoms with Crippen molar-refractivity contribution in [3.63, 3.8) is 0 Å². The van der Waals surface area contributed by atoms with Gasteiger partial charge in [0.05, 0.1) is 13.0 Å². The van der Waals surface area contributed by atoms with E-state index >= 15 is 0 Å². The van der Waals surface area contributed by atoms with E-state index in [4.69, 9.17) is 18.9 Å². The molecular formula is C26H39NO6S2. The van der Waals surface area contributed by atoms with Crippen molar-refractivity contribution in [1.29, 1.82) is 0 Å². The molecule has 7 nitrogen and oxygen atoms in total. The SMILES string of the molecule is O=C(CCCN1CCCCC1)OCCSSCCOC(=O)Cc1ccc(OC2CCCCO2)cc1. The van der Waals surface area contributed by atoms with Gasteiger partial charge in [0.1, 0.15) is 19.0 Å². The largest absolute Gasteiger partial charge is 0.465 e. The fourth-order valence-electron chi connectivity index (χ4n) is 4.06. The van der Waals surface area contributed by atoms with Gasteiger partial charge in [-0.15, -0.1) is 0 Å². The average Bonchev–Trinajstić information content (AvgIpc) is 2.88. The zero-order chi connectivity index (χ0) is 24.6. The van der Waals surface area contributed by atoms with Gasteiger partial charge in [0.25, 0.3) is 0 Å². The Morgan fingerprint density at radius 2 is 1.63 bits per heavy atom. The van der Waals surface area contributed by atoms with Crippen LogP contribution in [0.5, 0.6) is 5.75 Å². The average molecular weight is 526 g/mol. The third-order valence-electron chi connectivity index (χ3n) is 5.92. The highest BCUT2D eigenvalue weighted by Gasteiger charge is 2.15. The highest BCUT2D eigenvalue weighted by atomic mass is 33.1. The van der Waals surface area contributed by atoms with Gasteiger partial charge in [0.2, 0.25) is 0 Å². The zero-order valence-corrected chi connectivity index (χ0v) is 22.3. The number of nitrogens with zero attached hydrogens (tertiary/aromatic N) is 1. The molecule has 0 N–H and O–H groups in total. The van der Waals surface area contributed by atoms with Crippen molar-refractivity contribution >= 4 is 33.5 Å². The molecule has 2 aliphatic rings. The van der Waals surface area contributed by atoms with Crippen LogP contribution in [0.3, 0.4) is 0 Å². The minimum Gasteiger partial charge on any atom is -0.465 e. The van der Waals surface area contributed by atoms with Gasteiger partial charge in [-0.2, -0.15) is 0 Å². The van der Waals surface area contributed by atoms with Crippen LogP contribution in [0.1, 0.15) is 56.9 Å². The number of hydrogen-bond donors (Lipinski definition) is 0. The zero-order valence-electron chi connectivity index (χ0n) is 20.6. The molecule has 2 fully saturated rings. The highest BCUT2D eigenvalue weighted by molar-refractivity contribution is 8.76. The number of carbonyl (C=O) groups is 2. The summed E-state index contributed by atoms with van der Waals surface area (Å²) in [5.41, 5.74) is 0.895. The first kappa shape index (κ1) is 28.2. The Hall–Kier alpha value is -1.42. The molecule has 3 rings (SSSR count). The Labute approximate surface area is 217 Å². The van der Waals surface area contributed by atoms with E-state index in [2.05, 4.69) is 4.90 Å². The standard InChI is InChI=1S/C26H39NO6S2/c28-24(7-6-15-27-13-3-1-4-14-27)30-17-19-34-35-20-18-31-25(29)21-22-9-11-23(12-10-22)33-26-8-2-5-16-32-26/h9-12,26H,1-8,13-21H2. The fraction of sp³-hybridized carbons (Fsp3) is 0.692. The maximum Gasteiger partial charge on any atom is 0.310 e. The second-order valence-corrected chi connectivity index (χ2v) is 11.5. The van der Waals surface area contributed by atoms with Crippen molar-refractivity contribution in [3.05, 3.63) is 29.8 Å². The summed E-state index contributed by atoms with van der Waals surface area (Å²) in [6.45, 7) is 4.86. The topological polar surface area (TPSA) is 74.3 Å². The minimum absolute atomic E-state index is 0.108. The molecule has 196 valence electrons. The number of benzene rings is 1. The van der Waals surface area contributed by atoms with Crippen LogP contribution in [-0.2, 0) is 30.2 Å². The van der Waals surface area contributed by atoms with Gasteiger partial charge in [0.15, 0.2) is 6.29 Å². The molecule has 0 amide bonds. The second-order valence-electron chi connectivity index (χ2n) is 8.83. The van der Waals surface area contributed by atoms with Gasteiger partial charge in [-0.1, -0.05) is 40.1 Å². The van der Waals surface area contributed by atoms with Crippen LogP contribution in [0, 0.1) is 0 Å². The number of ether oxygens (including phenoxy) is 4. The van der Waals surface area contributed by atoms with Gasteiger partial charge in [-0.3, -0.25) is 9.59 Å². The summed E-state index contributed by atoms with van der Waals surface area (Å²) in [7, 11) is 3.25. The van der Waals surface area contributed by atoms with Crippen molar-refractivity contribution in [1.82, 2.24) is 4.90 Å². The molecule has 0 aromatic heterocycles. The molecule has 0 bridgehead atoms. The Bertz CT molecular complexity index is 736. The third kappa shape index (κ3) is 12.4. The molecular weight excluding hydrogens is 486 g/mol. The predicted molar refractivity (Wildman–Crippen MR) is 141 cm³/mol. The van der Waals surface area contributed by atoms with Gasteiger partial charge in [-0.05, 0) is 69.4 Å². The number of rotatable bonds is 15. The molecule has 1 aromatic rings. The summed E-state index contributed by atoms with van der Waals surface area (Å²) < 4.78 is 22.0. The molecule has 0 radical (unpaired) electrons. The molecule has 1 unspecified atom stereocenters. The molecule has 9 heteroatoms. The molecule has 2 saturated heterocycles. The summed E-state index contributed by atoms with van der Waals surface area (Å²) in [5.74, 6) is 1.85. The quantitative estimate of drug-likeness (QED) is 0.181. The van der Waals surface area contributed by atoms with E-state index in [0.717, 1.165) is 69.0 Å². The van der Waals surface area contributed by atoms with Crippen LogP contribution < -0.4 is 4.74 Å². The van der Waals surface area contributed by atoms with Crippen LogP contribution in [-0.4, -0.2) is 74.1 Å². The van der Waals surface area contributed by atoms with Crippen molar-refractivity contribution in [2.24, 2.45) is 0 Å². The molecule has 2 heterocycles. The molecule has 0 spiro atoms.